The summed E-state index contributed by atoms with van der Waals surface area (Å²) in [5, 5.41) is 9.00. The zero-order valence-corrected chi connectivity index (χ0v) is 9.89. The van der Waals surface area contributed by atoms with Gasteiger partial charge in [0.25, 0.3) is 0 Å². The van der Waals surface area contributed by atoms with E-state index in [1.807, 2.05) is 37.1 Å². The lowest BCUT2D eigenvalue weighted by Crippen LogP contribution is -2.39. The molecule has 1 rings (SSSR count). The van der Waals surface area contributed by atoms with Gasteiger partial charge in [-0.05, 0) is 25.5 Å². The Bertz CT molecular complexity index is 324. The highest BCUT2D eigenvalue weighted by atomic mass is 16.4. The van der Waals surface area contributed by atoms with Crippen molar-refractivity contribution < 1.29 is 9.90 Å². The Morgan fingerprint density at radius 3 is 2.50 bits per heavy atom. The molecule has 88 valence electrons. The summed E-state index contributed by atoms with van der Waals surface area (Å²) in [5.74, 6) is -0.738. The summed E-state index contributed by atoms with van der Waals surface area (Å²) in [6.45, 7) is 2.67. The standard InChI is InChI=1S/C13H19NO2/c1-3-12(13(15)16)14(2)10-9-11-7-5-4-6-8-11/h4-8,12H,3,9-10H2,1-2H3,(H,15,16). The summed E-state index contributed by atoms with van der Waals surface area (Å²) >= 11 is 0. The minimum absolute atomic E-state index is 0.372. The van der Waals surface area contributed by atoms with Crippen molar-refractivity contribution in [1.82, 2.24) is 4.90 Å². The van der Waals surface area contributed by atoms with Gasteiger partial charge < -0.3 is 5.11 Å². The second-order valence-corrected chi connectivity index (χ2v) is 3.98. The van der Waals surface area contributed by atoms with Crippen LogP contribution >= 0.6 is 0 Å². The van der Waals surface area contributed by atoms with Crippen molar-refractivity contribution in [2.75, 3.05) is 13.6 Å². The topological polar surface area (TPSA) is 40.5 Å². The zero-order valence-electron chi connectivity index (χ0n) is 9.89. The Morgan fingerprint density at radius 2 is 2.00 bits per heavy atom. The fraction of sp³-hybridized carbons (Fsp3) is 0.462. The van der Waals surface area contributed by atoms with E-state index in [-0.39, 0.29) is 6.04 Å². The molecular formula is C13H19NO2. The zero-order chi connectivity index (χ0) is 12.0. The third kappa shape index (κ3) is 3.66. The van der Waals surface area contributed by atoms with E-state index in [1.54, 1.807) is 0 Å². The number of hydrogen-bond acceptors (Lipinski definition) is 2. The monoisotopic (exact) mass is 221 g/mol. The fourth-order valence-electron chi connectivity index (χ4n) is 1.78. The Balaban J connectivity index is 2.46. The summed E-state index contributed by atoms with van der Waals surface area (Å²) in [7, 11) is 1.87. The molecule has 0 saturated carbocycles. The molecule has 0 fully saturated rings. The molecule has 3 nitrogen and oxygen atoms in total. The van der Waals surface area contributed by atoms with Crippen molar-refractivity contribution >= 4 is 5.97 Å². The summed E-state index contributed by atoms with van der Waals surface area (Å²) in [6.07, 6.45) is 1.53. The predicted octanol–water partition coefficient (Wildman–Crippen LogP) is 2.02. The Kier molecular flexibility index (Phi) is 4.99. The number of carbonyl (C=O) groups is 1. The van der Waals surface area contributed by atoms with Gasteiger partial charge in [0, 0.05) is 6.54 Å². The van der Waals surface area contributed by atoms with E-state index < -0.39 is 5.97 Å². The first-order chi connectivity index (χ1) is 7.65. The van der Waals surface area contributed by atoms with Crippen LogP contribution in [0.5, 0.6) is 0 Å². The third-order valence-electron chi connectivity index (χ3n) is 2.80. The molecule has 0 radical (unpaired) electrons. The minimum Gasteiger partial charge on any atom is -0.480 e. The van der Waals surface area contributed by atoms with Gasteiger partial charge in [0.2, 0.25) is 0 Å². The van der Waals surface area contributed by atoms with Gasteiger partial charge in [-0.2, -0.15) is 0 Å². The minimum atomic E-state index is -0.738. The molecule has 1 N–H and O–H groups in total. The van der Waals surface area contributed by atoms with Crippen LogP contribution in [0.1, 0.15) is 18.9 Å². The van der Waals surface area contributed by atoms with Gasteiger partial charge in [-0.3, -0.25) is 9.69 Å². The molecule has 1 atom stereocenters. The van der Waals surface area contributed by atoms with Crippen LogP contribution in [0.4, 0.5) is 0 Å². The molecule has 3 heteroatoms. The van der Waals surface area contributed by atoms with Crippen LogP contribution in [0.2, 0.25) is 0 Å². The van der Waals surface area contributed by atoms with Gasteiger partial charge in [-0.15, -0.1) is 0 Å². The summed E-state index contributed by atoms with van der Waals surface area (Å²) in [4.78, 5) is 12.8. The summed E-state index contributed by atoms with van der Waals surface area (Å²) < 4.78 is 0. The third-order valence-corrected chi connectivity index (χ3v) is 2.80. The van der Waals surface area contributed by atoms with Crippen LogP contribution < -0.4 is 0 Å². The van der Waals surface area contributed by atoms with E-state index in [0.717, 1.165) is 13.0 Å². The number of nitrogens with zero attached hydrogens (tertiary/aromatic N) is 1. The molecule has 0 saturated heterocycles. The normalized spacial score (nSPS) is 12.7. The van der Waals surface area contributed by atoms with Crippen LogP contribution in [-0.2, 0) is 11.2 Å². The number of aliphatic carboxylic acids is 1. The lowest BCUT2D eigenvalue weighted by Gasteiger charge is -2.23. The van der Waals surface area contributed by atoms with Gasteiger partial charge in [-0.1, -0.05) is 37.3 Å². The maximum Gasteiger partial charge on any atom is 0.320 e. The molecule has 0 aromatic heterocycles. The van der Waals surface area contributed by atoms with E-state index >= 15 is 0 Å². The van der Waals surface area contributed by atoms with Gasteiger partial charge in [0.1, 0.15) is 6.04 Å². The van der Waals surface area contributed by atoms with Gasteiger partial charge in [0.05, 0.1) is 0 Å². The number of hydrogen-bond donors (Lipinski definition) is 1. The highest BCUT2D eigenvalue weighted by Gasteiger charge is 2.19. The van der Waals surface area contributed by atoms with Crippen molar-refractivity contribution in [3.8, 4) is 0 Å². The van der Waals surface area contributed by atoms with Crippen molar-refractivity contribution in [2.24, 2.45) is 0 Å². The number of rotatable bonds is 6. The largest absolute Gasteiger partial charge is 0.480 e. The van der Waals surface area contributed by atoms with E-state index in [2.05, 4.69) is 12.1 Å². The van der Waals surface area contributed by atoms with Gasteiger partial charge in [0.15, 0.2) is 0 Å². The molecule has 0 aliphatic rings. The fourth-order valence-corrected chi connectivity index (χ4v) is 1.78. The molecule has 0 aliphatic heterocycles. The summed E-state index contributed by atoms with van der Waals surface area (Å²) in [6, 6.07) is 9.75. The molecule has 0 spiro atoms. The van der Waals surface area contributed by atoms with Crippen LogP contribution in [0.25, 0.3) is 0 Å². The SMILES string of the molecule is CCC(C(=O)O)N(C)CCc1ccccc1. The van der Waals surface area contributed by atoms with Gasteiger partial charge >= 0.3 is 5.97 Å². The first-order valence-corrected chi connectivity index (χ1v) is 5.62. The quantitative estimate of drug-likeness (QED) is 0.799. The highest BCUT2D eigenvalue weighted by molar-refractivity contribution is 5.73. The number of carboxylic acid groups (broad SMARTS) is 1. The average molecular weight is 221 g/mol. The maximum absolute atomic E-state index is 10.9. The second-order valence-electron chi connectivity index (χ2n) is 3.98. The average Bonchev–Trinajstić information content (AvgIpc) is 2.28. The van der Waals surface area contributed by atoms with Crippen molar-refractivity contribution in [3.63, 3.8) is 0 Å². The highest BCUT2D eigenvalue weighted by Crippen LogP contribution is 2.05. The molecule has 0 heterocycles. The smallest absolute Gasteiger partial charge is 0.320 e. The molecule has 16 heavy (non-hydrogen) atoms. The predicted molar refractivity (Wildman–Crippen MR) is 64.5 cm³/mol. The molecule has 0 bridgehead atoms. The Labute approximate surface area is 96.7 Å². The van der Waals surface area contributed by atoms with E-state index in [9.17, 15) is 4.79 Å². The molecule has 0 amide bonds. The van der Waals surface area contributed by atoms with E-state index in [4.69, 9.17) is 5.11 Å². The van der Waals surface area contributed by atoms with Crippen molar-refractivity contribution in [2.45, 2.75) is 25.8 Å². The van der Waals surface area contributed by atoms with E-state index in [1.165, 1.54) is 5.56 Å². The summed E-state index contributed by atoms with van der Waals surface area (Å²) in [5.41, 5.74) is 1.24. The first kappa shape index (κ1) is 12.7. The van der Waals surface area contributed by atoms with Crippen molar-refractivity contribution in [1.29, 1.82) is 0 Å². The van der Waals surface area contributed by atoms with Crippen LogP contribution in [0, 0.1) is 0 Å². The Hall–Kier alpha value is -1.35. The maximum atomic E-state index is 10.9. The number of benzene rings is 1. The van der Waals surface area contributed by atoms with Crippen LogP contribution in [0.3, 0.4) is 0 Å². The van der Waals surface area contributed by atoms with Crippen molar-refractivity contribution in [3.05, 3.63) is 35.9 Å². The molecule has 0 aliphatic carbocycles. The number of carboxylic acids is 1. The number of likely N-dealkylation sites (N-methyl/N-ethyl adjacent to an activating group) is 1. The van der Waals surface area contributed by atoms with Crippen LogP contribution in [-0.4, -0.2) is 35.6 Å². The lowest BCUT2D eigenvalue weighted by atomic mass is 10.1. The Morgan fingerprint density at radius 1 is 1.38 bits per heavy atom. The van der Waals surface area contributed by atoms with E-state index in [0.29, 0.717) is 6.42 Å². The lowest BCUT2D eigenvalue weighted by molar-refractivity contribution is -0.142. The van der Waals surface area contributed by atoms with Crippen LogP contribution in [0.15, 0.2) is 30.3 Å². The molecule has 1 aromatic rings. The molecule has 1 unspecified atom stereocenters. The first-order valence-electron chi connectivity index (χ1n) is 5.62. The molecular weight excluding hydrogens is 202 g/mol. The van der Waals surface area contributed by atoms with Gasteiger partial charge in [-0.25, -0.2) is 0 Å². The molecule has 1 aromatic carbocycles. The second kappa shape index (κ2) is 6.28.